The minimum Gasteiger partial charge on any atom is -0.346 e. The van der Waals surface area contributed by atoms with Crippen LogP contribution in [0.15, 0.2) is 30.6 Å². The SMILES string of the molecule is Cc1c(-c2cccc(CC(C)C)c2)[nH]cnc1=S. The van der Waals surface area contributed by atoms with Crippen LogP contribution >= 0.6 is 12.2 Å². The lowest BCUT2D eigenvalue weighted by Gasteiger charge is -2.09. The summed E-state index contributed by atoms with van der Waals surface area (Å²) in [5, 5.41) is 0. The Morgan fingerprint density at radius 2 is 2.11 bits per heavy atom. The number of aromatic nitrogens is 2. The first-order valence-electron chi connectivity index (χ1n) is 6.21. The fourth-order valence-electron chi connectivity index (χ4n) is 2.09. The van der Waals surface area contributed by atoms with E-state index in [4.69, 9.17) is 12.2 Å². The molecule has 1 aromatic heterocycles. The summed E-state index contributed by atoms with van der Waals surface area (Å²) in [4.78, 5) is 7.29. The van der Waals surface area contributed by atoms with E-state index in [9.17, 15) is 0 Å². The van der Waals surface area contributed by atoms with Crippen LogP contribution in [0.4, 0.5) is 0 Å². The van der Waals surface area contributed by atoms with Gasteiger partial charge in [0.25, 0.3) is 0 Å². The van der Waals surface area contributed by atoms with Gasteiger partial charge in [-0.15, -0.1) is 0 Å². The Bertz CT molecular complexity index is 599. The first-order chi connectivity index (χ1) is 8.58. The van der Waals surface area contributed by atoms with Crippen molar-refractivity contribution in [1.29, 1.82) is 0 Å². The molecule has 0 aliphatic carbocycles. The van der Waals surface area contributed by atoms with Gasteiger partial charge in [0.05, 0.1) is 12.0 Å². The summed E-state index contributed by atoms with van der Waals surface area (Å²) in [6, 6.07) is 8.61. The molecule has 2 rings (SSSR count). The normalized spacial score (nSPS) is 10.9. The average Bonchev–Trinajstić information content (AvgIpc) is 2.32. The minimum absolute atomic E-state index is 0.664. The zero-order valence-electron chi connectivity index (χ0n) is 11.0. The molecule has 0 saturated carbocycles. The van der Waals surface area contributed by atoms with Crippen LogP contribution in [-0.2, 0) is 6.42 Å². The van der Waals surface area contributed by atoms with Gasteiger partial charge in [-0.3, -0.25) is 0 Å². The van der Waals surface area contributed by atoms with Crippen molar-refractivity contribution in [2.75, 3.05) is 0 Å². The molecule has 0 amide bonds. The van der Waals surface area contributed by atoms with Crippen LogP contribution in [0.3, 0.4) is 0 Å². The van der Waals surface area contributed by atoms with E-state index in [1.165, 1.54) is 11.1 Å². The Morgan fingerprint density at radius 1 is 1.33 bits per heavy atom. The van der Waals surface area contributed by atoms with Gasteiger partial charge in [-0.2, -0.15) is 0 Å². The number of nitrogens with one attached hydrogen (secondary N) is 1. The average molecular weight is 258 g/mol. The van der Waals surface area contributed by atoms with Crippen molar-refractivity contribution >= 4 is 12.2 Å². The maximum Gasteiger partial charge on any atom is 0.132 e. The molecule has 0 aliphatic heterocycles. The third-order valence-corrected chi connectivity index (χ3v) is 3.36. The molecule has 3 heteroatoms. The van der Waals surface area contributed by atoms with Crippen molar-refractivity contribution in [3.05, 3.63) is 46.4 Å². The van der Waals surface area contributed by atoms with Crippen molar-refractivity contribution in [2.24, 2.45) is 5.92 Å². The fraction of sp³-hybridized carbons (Fsp3) is 0.333. The van der Waals surface area contributed by atoms with Crippen molar-refractivity contribution in [1.82, 2.24) is 9.97 Å². The number of nitrogens with zero attached hydrogens (tertiary/aromatic N) is 1. The summed E-state index contributed by atoms with van der Waals surface area (Å²) in [6.07, 6.45) is 2.76. The molecule has 1 N–H and O–H groups in total. The molecule has 0 atom stereocenters. The van der Waals surface area contributed by atoms with E-state index in [-0.39, 0.29) is 0 Å². The van der Waals surface area contributed by atoms with Crippen LogP contribution in [-0.4, -0.2) is 9.97 Å². The van der Waals surface area contributed by atoms with Crippen molar-refractivity contribution in [3.8, 4) is 11.3 Å². The van der Waals surface area contributed by atoms with Crippen LogP contribution in [0, 0.1) is 17.5 Å². The third kappa shape index (κ3) is 2.85. The quantitative estimate of drug-likeness (QED) is 0.831. The van der Waals surface area contributed by atoms with E-state index in [2.05, 4.69) is 48.1 Å². The molecule has 0 fully saturated rings. The summed E-state index contributed by atoms with van der Waals surface area (Å²) >= 11 is 5.21. The molecule has 1 aromatic carbocycles. The van der Waals surface area contributed by atoms with Gasteiger partial charge in [0.1, 0.15) is 4.64 Å². The second-order valence-electron chi connectivity index (χ2n) is 5.01. The first kappa shape index (κ1) is 13.0. The Kier molecular flexibility index (Phi) is 3.92. The lowest BCUT2D eigenvalue weighted by Crippen LogP contribution is -1.96. The summed E-state index contributed by atoms with van der Waals surface area (Å²) < 4.78 is 0.665. The molecule has 94 valence electrons. The van der Waals surface area contributed by atoms with Crippen LogP contribution in [0.1, 0.15) is 25.0 Å². The molecular formula is C15H18N2S. The minimum atomic E-state index is 0.664. The van der Waals surface area contributed by atoms with Crippen molar-refractivity contribution in [3.63, 3.8) is 0 Å². The molecule has 0 saturated heterocycles. The molecule has 1 heterocycles. The highest BCUT2D eigenvalue weighted by atomic mass is 32.1. The van der Waals surface area contributed by atoms with E-state index < -0.39 is 0 Å². The van der Waals surface area contributed by atoms with Gasteiger partial charge in [-0.05, 0) is 36.5 Å². The second kappa shape index (κ2) is 5.44. The standard InChI is InChI=1S/C15H18N2S/c1-10(2)7-12-5-4-6-13(8-12)14-11(3)15(18)17-9-16-14/h4-6,8-10H,7H2,1-3H3,(H,16,17,18). The van der Waals surface area contributed by atoms with E-state index in [0.29, 0.717) is 10.6 Å². The fourth-order valence-corrected chi connectivity index (χ4v) is 2.25. The highest BCUT2D eigenvalue weighted by Gasteiger charge is 2.05. The van der Waals surface area contributed by atoms with Crippen LogP contribution < -0.4 is 0 Å². The number of H-pyrrole nitrogens is 1. The largest absolute Gasteiger partial charge is 0.346 e. The Labute approximate surface area is 113 Å². The third-order valence-electron chi connectivity index (χ3n) is 2.95. The van der Waals surface area contributed by atoms with Gasteiger partial charge in [0.15, 0.2) is 0 Å². The molecular weight excluding hydrogens is 240 g/mol. The van der Waals surface area contributed by atoms with Gasteiger partial charge in [0.2, 0.25) is 0 Å². The number of benzene rings is 1. The highest BCUT2D eigenvalue weighted by molar-refractivity contribution is 7.71. The summed E-state index contributed by atoms with van der Waals surface area (Å²) in [7, 11) is 0. The Balaban J connectivity index is 2.45. The number of rotatable bonds is 3. The van der Waals surface area contributed by atoms with E-state index in [0.717, 1.165) is 17.7 Å². The van der Waals surface area contributed by atoms with E-state index >= 15 is 0 Å². The number of aromatic amines is 1. The molecule has 0 spiro atoms. The van der Waals surface area contributed by atoms with Gasteiger partial charge < -0.3 is 4.98 Å². The molecule has 0 unspecified atom stereocenters. The smallest absolute Gasteiger partial charge is 0.132 e. The van der Waals surface area contributed by atoms with E-state index in [1.54, 1.807) is 6.33 Å². The molecule has 0 aliphatic rings. The topological polar surface area (TPSA) is 28.7 Å². The summed E-state index contributed by atoms with van der Waals surface area (Å²) in [5.41, 5.74) is 4.65. The van der Waals surface area contributed by atoms with Gasteiger partial charge >= 0.3 is 0 Å². The summed E-state index contributed by atoms with van der Waals surface area (Å²) in [5.74, 6) is 0.664. The second-order valence-corrected chi connectivity index (χ2v) is 5.39. The van der Waals surface area contributed by atoms with Crippen molar-refractivity contribution < 1.29 is 0 Å². The van der Waals surface area contributed by atoms with E-state index in [1.807, 2.05) is 6.92 Å². The molecule has 0 bridgehead atoms. The summed E-state index contributed by atoms with van der Waals surface area (Å²) in [6.45, 7) is 6.48. The first-order valence-corrected chi connectivity index (χ1v) is 6.62. The molecule has 2 nitrogen and oxygen atoms in total. The van der Waals surface area contributed by atoms with Crippen LogP contribution in [0.5, 0.6) is 0 Å². The van der Waals surface area contributed by atoms with Gasteiger partial charge in [0, 0.05) is 5.56 Å². The zero-order chi connectivity index (χ0) is 13.1. The lowest BCUT2D eigenvalue weighted by molar-refractivity contribution is 0.647. The molecule has 0 radical (unpaired) electrons. The molecule has 2 aromatic rings. The van der Waals surface area contributed by atoms with Crippen molar-refractivity contribution in [2.45, 2.75) is 27.2 Å². The Hall–Kier alpha value is -1.48. The van der Waals surface area contributed by atoms with Gasteiger partial charge in [-0.25, -0.2) is 4.98 Å². The van der Waals surface area contributed by atoms with Crippen LogP contribution in [0.25, 0.3) is 11.3 Å². The maximum absolute atomic E-state index is 5.21. The lowest BCUT2D eigenvalue weighted by atomic mass is 9.99. The monoisotopic (exact) mass is 258 g/mol. The number of hydrogen-bond donors (Lipinski definition) is 1. The van der Waals surface area contributed by atoms with Crippen LogP contribution in [0.2, 0.25) is 0 Å². The highest BCUT2D eigenvalue weighted by Crippen LogP contribution is 2.22. The molecule has 18 heavy (non-hydrogen) atoms. The zero-order valence-corrected chi connectivity index (χ0v) is 11.8. The number of hydrogen-bond acceptors (Lipinski definition) is 2. The predicted octanol–water partition coefficient (Wildman–Crippen LogP) is 4.31. The predicted molar refractivity (Wildman–Crippen MR) is 78.1 cm³/mol. The van der Waals surface area contributed by atoms with Gasteiger partial charge in [-0.1, -0.05) is 44.3 Å². The maximum atomic E-state index is 5.21. The Morgan fingerprint density at radius 3 is 2.83 bits per heavy atom.